The van der Waals surface area contributed by atoms with Crippen molar-refractivity contribution in [2.75, 3.05) is 0 Å². The monoisotopic (exact) mass is 500 g/mol. The highest BCUT2D eigenvalue weighted by molar-refractivity contribution is 7.47. The number of aliphatic hydroxyl groups is 2. The van der Waals surface area contributed by atoms with Gasteiger partial charge in [0.05, 0.1) is 0 Å². The topological polar surface area (TPSA) is 308 Å². The van der Waals surface area contributed by atoms with Gasteiger partial charge < -0.3 is 49.4 Å². The van der Waals surface area contributed by atoms with E-state index in [2.05, 4.69) is 18.1 Å². The van der Waals surface area contributed by atoms with Crippen LogP contribution in [-0.2, 0) is 36.4 Å². The first-order chi connectivity index (χ1) is 12.2. The summed E-state index contributed by atoms with van der Waals surface area (Å²) in [6, 6.07) is 0. The third-order valence-electron chi connectivity index (χ3n) is 3.03. The molecular formula is C6H16O18P4. The summed E-state index contributed by atoms with van der Waals surface area (Å²) in [5.41, 5.74) is 0. The lowest BCUT2D eigenvalue weighted by Gasteiger charge is -2.45. The molecule has 0 aliphatic heterocycles. The van der Waals surface area contributed by atoms with Crippen molar-refractivity contribution in [1.29, 1.82) is 0 Å². The number of phosphoric acid groups is 4. The molecule has 0 aromatic heterocycles. The van der Waals surface area contributed by atoms with Gasteiger partial charge in [-0.3, -0.25) is 18.1 Å². The molecule has 1 fully saturated rings. The van der Waals surface area contributed by atoms with Crippen molar-refractivity contribution in [3.8, 4) is 0 Å². The summed E-state index contributed by atoms with van der Waals surface area (Å²) in [6.07, 6.45) is -15.9. The maximum Gasteiger partial charge on any atom is 0.470 e. The Kier molecular flexibility index (Phi) is 8.34. The highest BCUT2D eigenvalue weighted by atomic mass is 31.2. The van der Waals surface area contributed by atoms with E-state index in [0.717, 1.165) is 0 Å². The zero-order valence-corrected chi connectivity index (χ0v) is 16.6. The molecule has 10 N–H and O–H groups in total. The Morgan fingerprint density at radius 3 is 0.679 bits per heavy atom. The van der Waals surface area contributed by atoms with Gasteiger partial charge in [0.2, 0.25) is 0 Å². The number of hydrogen-bond donors (Lipinski definition) is 10. The van der Waals surface area contributed by atoms with Crippen molar-refractivity contribution >= 4 is 31.3 Å². The molecule has 0 aromatic carbocycles. The van der Waals surface area contributed by atoms with Crippen LogP contribution in [0.4, 0.5) is 0 Å². The van der Waals surface area contributed by atoms with Gasteiger partial charge in [0.25, 0.3) is 0 Å². The van der Waals surface area contributed by atoms with Crippen LogP contribution in [0, 0.1) is 0 Å². The third-order valence-corrected chi connectivity index (χ3v) is 5.10. The number of hydrogen-bond acceptors (Lipinski definition) is 10. The first-order valence-electron chi connectivity index (χ1n) is 6.52. The minimum absolute atomic E-state index is 2.61. The van der Waals surface area contributed by atoms with E-state index in [1.165, 1.54) is 0 Å². The lowest BCUT2D eigenvalue weighted by atomic mass is 9.85. The smallest absolute Gasteiger partial charge is 0.387 e. The third kappa shape index (κ3) is 8.62. The van der Waals surface area contributed by atoms with E-state index in [1.807, 2.05) is 0 Å². The zero-order valence-electron chi connectivity index (χ0n) is 13.0. The molecule has 0 bridgehead atoms. The van der Waals surface area contributed by atoms with Crippen LogP contribution in [0.1, 0.15) is 0 Å². The zero-order chi connectivity index (χ0) is 22.3. The second kappa shape index (κ2) is 8.85. The molecule has 1 saturated carbocycles. The van der Waals surface area contributed by atoms with Gasteiger partial charge in [-0.25, -0.2) is 18.3 Å². The van der Waals surface area contributed by atoms with Crippen LogP contribution in [0.25, 0.3) is 0 Å². The van der Waals surface area contributed by atoms with Gasteiger partial charge in [0, 0.05) is 0 Å². The Labute approximate surface area is 154 Å². The Bertz CT molecular complexity index is 604. The Morgan fingerprint density at radius 1 is 0.429 bits per heavy atom. The second-order valence-corrected chi connectivity index (χ2v) is 9.99. The molecule has 0 heterocycles. The molecule has 0 radical (unpaired) electrons. The van der Waals surface area contributed by atoms with Crippen molar-refractivity contribution in [2.45, 2.75) is 36.6 Å². The molecule has 0 saturated heterocycles. The van der Waals surface area contributed by atoms with E-state index >= 15 is 0 Å². The summed E-state index contributed by atoms with van der Waals surface area (Å²) in [5, 5.41) is 20.2. The second-order valence-electron chi connectivity index (χ2n) is 5.22. The molecule has 0 aromatic rings. The molecule has 6 atom stereocenters. The Hall–Kier alpha value is 0.360. The van der Waals surface area contributed by atoms with Gasteiger partial charge in [-0.2, -0.15) is 0 Å². The molecule has 168 valence electrons. The molecule has 22 heteroatoms. The molecule has 0 amide bonds. The first kappa shape index (κ1) is 26.4. The summed E-state index contributed by atoms with van der Waals surface area (Å²) in [4.78, 5) is 70.9. The van der Waals surface area contributed by atoms with Gasteiger partial charge in [0.1, 0.15) is 36.6 Å². The number of aliphatic hydroxyl groups excluding tert-OH is 2. The maximum absolute atomic E-state index is 11.0. The summed E-state index contributed by atoms with van der Waals surface area (Å²) >= 11 is 0. The highest BCUT2D eigenvalue weighted by Gasteiger charge is 2.58. The summed E-state index contributed by atoms with van der Waals surface area (Å²) in [6.45, 7) is 0. The van der Waals surface area contributed by atoms with E-state index in [4.69, 9.17) is 39.1 Å². The van der Waals surface area contributed by atoms with Crippen molar-refractivity contribution < 1.29 is 85.7 Å². The van der Waals surface area contributed by atoms with Crippen LogP contribution >= 0.6 is 31.3 Å². The van der Waals surface area contributed by atoms with Gasteiger partial charge in [-0.1, -0.05) is 0 Å². The van der Waals surface area contributed by atoms with E-state index in [0.29, 0.717) is 0 Å². The van der Waals surface area contributed by atoms with E-state index in [-0.39, 0.29) is 0 Å². The minimum atomic E-state index is -5.59. The normalized spacial score (nSPS) is 33.1. The van der Waals surface area contributed by atoms with Crippen molar-refractivity contribution in [3.05, 3.63) is 0 Å². The lowest BCUT2D eigenvalue weighted by Crippen LogP contribution is -2.65. The fourth-order valence-electron chi connectivity index (χ4n) is 2.27. The van der Waals surface area contributed by atoms with Crippen molar-refractivity contribution in [2.24, 2.45) is 0 Å². The highest BCUT2D eigenvalue weighted by Crippen LogP contribution is 2.51. The van der Waals surface area contributed by atoms with Gasteiger partial charge in [-0.15, -0.1) is 0 Å². The van der Waals surface area contributed by atoms with Crippen LogP contribution < -0.4 is 0 Å². The molecule has 1 aliphatic rings. The standard InChI is InChI=1S/C6H16O18P4/c7-1-3(21-25(9,10)11)5(23-27(15,16)17)2(8)6(24-28(18,19)20)4(1)22-26(12,13)14/h1-8H,(H2,9,10,11)(H2,12,13,14)(H2,15,16,17)(H2,18,19,20)/t1-,2-,3-,4-,5-,6+/m0/s1. The SMILES string of the molecule is O=P(O)(O)O[C@@H]1[C@@H](O)[C@H](OP(=O)(O)O)[C@@H](OP(=O)(O)O)[C@H](O)[C@@H]1OP(=O)(O)O. The molecule has 18 nitrogen and oxygen atoms in total. The first-order valence-corrected chi connectivity index (χ1v) is 12.6. The number of rotatable bonds is 8. The fraction of sp³-hybridized carbons (Fsp3) is 1.00. The van der Waals surface area contributed by atoms with Crippen molar-refractivity contribution in [3.63, 3.8) is 0 Å². The summed E-state index contributed by atoms with van der Waals surface area (Å²) in [7, 11) is -22.3. The van der Waals surface area contributed by atoms with Crippen molar-refractivity contribution in [1.82, 2.24) is 0 Å². The predicted octanol–water partition coefficient (Wildman–Crippen LogP) is -3.37. The van der Waals surface area contributed by atoms with Crippen LogP contribution in [0.5, 0.6) is 0 Å². The molecular weight excluding hydrogens is 484 g/mol. The average Bonchev–Trinajstić information content (AvgIpc) is 2.39. The van der Waals surface area contributed by atoms with E-state index in [1.54, 1.807) is 0 Å². The maximum atomic E-state index is 11.0. The summed E-state index contributed by atoms with van der Waals surface area (Å²) < 4.78 is 60.4. The molecule has 0 unspecified atom stereocenters. The Morgan fingerprint density at radius 2 is 0.571 bits per heavy atom. The average molecular weight is 500 g/mol. The molecule has 1 aliphatic carbocycles. The van der Waals surface area contributed by atoms with Gasteiger partial charge >= 0.3 is 31.3 Å². The predicted molar refractivity (Wildman–Crippen MR) is 79.7 cm³/mol. The van der Waals surface area contributed by atoms with E-state index in [9.17, 15) is 28.5 Å². The quantitative estimate of drug-likeness (QED) is 0.145. The van der Waals surface area contributed by atoms with Crippen LogP contribution in [0.2, 0.25) is 0 Å². The molecule has 1 rings (SSSR count). The fourth-order valence-corrected chi connectivity index (χ4v) is 4.52. The largest absolute Gasteiger partial charge is 0.470 e. The van der Waals surface area contributed by atoms with Gasteiger partial charge in [-0.05, 0) is 0 Å². The Balaban J connectivity index is 3.47. The lowest BCUT2D eigenvalue weighted by molar-refractivity contribution is -0.208. The van der Waals surface area contributed by atoms with Crippen LogP contribution in [0.15, 0.2) is 0 Å². The van der Waals surface area contributed by atoms with Gasteiger partial charge in [0.15, 0.2) is 0 Å². The van der Waals surface area contributed by atoms with Crippen LogP contribution in [-0.4, -0.2) is 86.0 Å². The van der Waals surface area contributed by atoms with Crippen LogP contribution in [0.3, 0.4) is 0 Å². The summed E-state index contributed by atoms with van der Waals surface area (Å²) in [5.74, 6) is 0. The molecule has 0 spiro atoms. The molecule has 28 heavy (non-hydrogen) atoms. The number of phosphoric ester groups is 4. The van der Waals surface area contributed by atoms with E-state index < -0.39 is 67.9 Å². The minimum Gasteiger partial charge on any atom is -0.387 e.